The largest absolute Gasteiger partial charge is 0.339 e. The van der Waals surface area contributed by atoms with Crippen molar-refractivity contribution in [3.8, 4) is 0 Å². The first kappa shape index (κ1) is 18.7. The maximum atomic E-state index is 13.3. The number of hydrogen-bond acceptors (Lipinski definition) is 3. The standard InChI is InChI=1S/C18H18ClFN2O3S/c19-15-12-13(8-9-16(15)20)26(24,25)21-17-7-3-2-6-14(17)18(23)22-10-4-1-5-11-22/h2-3,6-9,12,21H,1,4-5,10-11H2. The molecule has 0 radical (unpaired) electrons. The van der Waals surface area contributed by atoms with Gasteiger partial charge in [0.1, 0.15) is 5.82 Å². The summed E-state index contributed by atoms with van der Waals surface area (Å²) in [6, 6.07) is 9.59. The van der Waals surface area contributed by atoms with Crippen LogP contribution in [0, 0.1) is 5.82 Å². The van der Waals surface area contributed by atoms with Crippen molar-refractivity contribution in [2.45, 2.75) is 24.2 Å². The van der Waals surface area contributed by atoms with Gasteiger partial charge < -0.3 is 4.90 Å². The molecule has 1 aliphatic rings. The third-order valence-corrected chi connectivity index (χ3v) is 5.90. The first-order chi connectivity index (χ1) is 12.4. The topological polar surface area (TPSA) is 66.5 Å². The highest BCUT2D eigenvalue weighted by atomic mass is 35.5. The van der Waals surface area contributed by atoms with Crippen LogP contribution in [0.2, 0.25) is 5.02 Å². The highest BCUT2D eigenvalue weighted by Gasteiger charge is 2.23. The van der Waals surface area contributed by atoms with E-state index >= 15 is 0 Å². The molecule has 0 atom stereocenters. The van der Waals surface area contributed by atoms with Crippen LogP contribution in [0.15, 0.2) is 47.4 Å². The molecular weight excluding hydrogens is 379 g/mol. The molecule has 0 spiro atoms. The van der Waals surface area contributed by atoms with Crippen molar-refractivity contribution in [2.24, 2.45) is 0 Å². The summed E-state index contributed by atoms with van der Waals surface area (Å²) in [5.41, 5.74) is 0.467. The number of sulfonamides is 1. The average molecular weight is 397 g/mol. The molecule has 0 unspecified atom stereocenters. The Bertz CT molecular complexity index is 928. The summed E-state index contributed by atoms with van der Waals surface area (Å²) in [5, 5.41) is -0.287. The Morgan fingerprint density at radius 3 is 2.46 bits per heavy atom. The zero-order chi connectivity index (χ0) is 18.7. The van der Waals surface area contributed by atoms with Gasteiger partial charge in [-0.25, -0.2) is 12.8 Å². The van der Waals surface area contributed by atoms with Crippen LogP contribution in [0.3, 0.4) is 0 Å². The number of hydrogen-bond donors (Lipinski definition) is 1. The Hall–Kier alpha value is -2.12. The fourth-order valence-electron chi connectivity index (χ4n) is 2.87. The summed E-state index contributed by atoms with van der Waals surface area (Å²) in [6.45, 7) is 1.32. The van der Waals surface area contributed by atoms with Crippen LogP contribution < -0.4 is 4.72 Å². The first-order valence-corrected chi connectivity index (χ1v) is 10.1. The minimum Gasteiger partial charge on any atom is -0.339 e. The summed E-state index contributed by atoms with van der Waals surface area (Å²) in [5.74, 6) is -0.911. The number of carbonyl (C=O) groups excluding carboxylic acids is 1. The van der Waals surface area contributed by atoms with Crippen LogP contribution in [0.5, 0.6) is 0 Å². The van der Waals surface area contributed by atoms with Gasteiger partial charge in [0.2, 0.25) is 0 Å². The highest BCUT2D eigenvalue weighted by molar-refractivity contribution is 7.92. The molecular formula is C18H18ClFN2O3S. The Kier molecular flexibility index (Phi) is 5.48. The molecule has 8 heteroatoms. The zero-order valence-corrected chi connectivity index (χ0v) is 15.5. The van der Waals surface area contributed by atoms with E-state index in [9.17, 15) is 17.6 Å². The fourth-order valence-corrected chi connectivity index (χ4v) is 4.22. The second-order valence-corrected chi connectivity index (χ2v) is 8.17. The number of amides is 1. The van der Waals surface area contributed by atoms with Crippen LogP contribution >= 0.6 is 11.6 Å². The van der Waals surface area contributed by atoms with Crippen molar-refractivity contribution in [3.05, 3.63) is 58.9 Å². The van der Waals surface area contributed by atoms with E-state index < -0.39 is 15.8 Å². The lowest BCUT2D eigenvalue weighted by Crippen LogP contribution is -2.36. The molecule has 26 heavy (non-hydrogen) atoms. The number of nitrogens with zero attached hydrogens (tertiary/aromatic N) is 1. The van der Waals surface area contributed by atoms with E-state index in [2.05, 4.69) is 4.72 Å². The van der Waals surface area contributed by atoms with Crippen molar-refractivity contribution in [1.82, 2.24) is 4.90 Å². The van der Waals surface area contributed by atoms with Gasteiger partial charge in [-0.1, -0.05) is 23.7 Å². The molecule has 2 aromatic carbocycles. The molecule has 138 valence electrons. The molecule has 1 heterocycles. The van der Waals surface area contributed by atoms with Crippen molar-refractivity contribution in [3.63, 3.8) is 0 Å². The predicted molar refractivity (Wildman–Crippen MR) is 98.4 cm³/mol. The minimum absolute atomic E-state index is 0.177. The smallest absolute Gasteiger partial charge is 0.261 e. The number of piperidine rings is 1. The molecule has 0 aromatic heterocycles. The van der Waals surface area contributed by atoms with Crippen LogP contribution in [-0.2, 0) is 10.0 Å². The number of benzene rings is 2. The Morgan fingerprint density at radius 2 is 1.77 bits per heavy atom. The van der Waals surface area contributed by atoms with E-state index in [-0.39, 0.29) is 27.1 Å². The number of likely N-dealkylation sites (tertiary alicyclic amines) is 1. The predicted octanol–water partition coefficient (Wildman–Crippen LogP) is 3.91. The number of nitrogens with one attached hydrogen (secondary N) is 1. The number of carbonyl (C=O) groups is 1. The van der Waals surface area contributed by atoms with Crippen molar-refractivity contribution >= 4 is 33.2 Å². The molecule has 5 nitrogen and oxygen atoms in total. The summed E-state index contributed by atoms with van der Waals surface area (Å²) in [6.07, 6.45) is 2.96. The Labute approximate surface area is 156 Å². The summed E-state index contributed by atoms with van der Waals surface area (Å²) in [4.78, 5) is 14.3. The molecule has 3 rings (SSSR count). The zero-order valence-electron chi connectivity index (χ0n) is 13.9. The fraction of sp³-hybridized carbons (Fsp3) is 0.278. The Balaban J connectivity index is 1.90. The van der Waals surface area contributed by atoms with Gasteiger partial charge in [0.05, 0.1) is 21.2 Å². The minimum atomic E-state index is -4.01. The normalized spacial score (nSPS) is 14.9. The summed E-state index contributed by atoms with van der Waals surface area (Å²) < 4.78 is 40.9. The van der Waals surface area contributed by atoms with Gasteiger partial charge in [-0.3, -0.25) is 9.52 Å². The van der Waals surface area contributed by atoms with Gasteiger partial charge in [0.25, 0.3) is 15.9 Å². The van der Waals surface area contributed by atoms with Gasteiger partial charge in [0.15, 0.2) is 0 Å². The molecule has 1 amide bonds. The number of para-hydroxylation sites is 1. The summed E-state index contributed by atoms with van der Waals surface area (Å²) in [7, 11) is -4.01. The van der Waals surface area contributed by atoms with Gasteiger partial charge in [0, 0.05) is 13.1 Å². The molecule has 2 aromatic rings. The van der Waals surface area contributed by atoms with Gasteiger partial charge in [-0.2, -0.15) is 0 Å². The number of halogens is 2. The van der Waals surface area contributed by atoms with E-state index in [0.717, 1.165) is 37.5 Å². The van der Waals surface area contributed by atoms with Crippen molar-refractivity contribution < 1.29 is 17.6 Å². The lowest BCUT2D eigenvalue weighted by Gasteiger charge is -2.27. The molecule has 1 saturated heterocycles. The van der Waals surface area contributed by atoms with Crippen LogP contribution in [0.1, 0.15) is 29.6 Å². The third kappa shape index (κ3) is 3.99. The summed E-state index contributed by atoms with van der Waals surface area (Å²) >= 11 is 5.68. The molecule has 1 aliphatic heterocycles. The highest BCUT2D eigenvalue weighted by Crippen LogP contribution is 2.25. The lowest BCUT2D eigenvalue weighted by atomic mass is 10.1. The van der Waals surface area contributed by atoms with Gasteiger partial charge in [-0.15, -0.1) is 0 Å². The lowest BCUT2D eigenvalue weighted by molar-refractivity contribution is 0.0725. The van der Waals surface area contributed by atoms with Crippen LogP contribution in [-0.4, -0.2) is 32.3 Å². The Morgan fingerprint density at radius 1 is 1.08 bits per heavy atom. The average Bonchev–Trinajstić information content (AvgIpc) is 2.64. The van der Waals surface area contributed by atoms with Crippen LogP contribution in [0.25, 0.3) is 0 Å². The molecule has 0 saturated carbocycles. The van der Waals surface area contributed by atoms with Crippen molar-refractivity contribution in [1.29, 1.82) is 0 Å². The van der Waals surface area contributed by atoms with Crippen LogP contribution in [0.4, 0.5) is 10.1 Å². The van der Waals surface area contributed by atoms with E-state index in [4.69, 9.17) is 11.6 Å². The molecule has 1 N–H and O–H groups in total. The monoisotopic (exact) mass is 396 g/mol. The number of anilines is 1. The van der Waals surface area contributed by atoms with Gasteiger partial charge >= 0.3 is 0 Å². The molecule has 0 bridgehead atoms. The molecule has 0 aliphatic carbocycles. The third-order valence-electron chi connectivity index (χ3n) is 4.25. The quantitative estimate of drug-likeness (QED) is 0.852. The first-order valence-electron chi connectivity index (χ1n) is 8.25. The van der Waals surface area contributed by atoms with E-state index in [1.165, 1.54) is 6.07 Å². The number of rotatable bonds is 4. The van der Waals surface area contributed by atoms with Gasteiger partial charge in [-0.05, 0) is 49.6 Å². The SMILES string of the molecule is O=C(c1ccccc1NS(=O)(=O)c1ccc(F)c(Cl)c1)N1CCCCC1. The maximum Gasteiger partial charge on any atom is 0.261 e. The van der Waals surface area contributed by atoms with E-state index in [0.29, 0.717) is 13.1 Å². The van der Waals surface area contributed by atoms with E-state index in [1.807, 2.05) is 0 Å². The second-order valence-electron chi connectivity index (χ2n) is 6.08. The second kappa shape index (κ2) is 7.63. The van der Waals surface area contributed by atoms with E-state index in [1.54, 1.807) is 23.1 Å². The van der Waals surface area contributed by atoms with Crippen molar-refractivity contribution in [2.75, 3.05) is 17.8 Å². The maximum absolute atomic E-state index is 13.3. The molecule has 1 fully saturated rings.